The fourth-order valence-electron chi connectivity index (χ4n) is 5.10. The second-order valence-electron chi connectivity index (χ2n) is 10.3. The Kier molecular flexibility index (Phi) is 7.60. The van der Waals surface area contributed by atoms with Gasteiger partial charge in [0.15, 0.2) is 0 Å². The first-order chi connectivity index (χ1) is 19.9. The lowest BCUT2D eigenvalue weighted by atomic mass is 9.99. The topological polar surface area (TPSA) is 84.2 Å². The second-order valence-corrected chi connectivity index (χ2v) is 10.3. The third-order valence-corrected chi connectivity index (χ3v) is 7.60. The van der Waals surface area contributed by atoms with Crippen LogP contribution in [0.25, 0.3) is 22.0 Å². The number of pyridine rings is 1. The highest BCUT2D eigenvalue weighted by atomic mass is 19.4. The lowest BCUT2D eigenvalue weighted by molar-refractivity contribution is -0.137. The van der Waals surface area contributed by atoms with Crippen molar-refractivity contribution in [3.63, 3.8) is 0 Å². The van der Waals surface area contributed by atoms with E-state index in [1.165, 1.54) is 6.20 Å². The van der Waals surface area contributed by atoms with Crippen molar-refractivity contribution >= 4 is 22.8 Å². The molecule has 1 amide bonds. The quantitative estimate of drug-likeness (QED) is 0.211. The normalized spacial score (nSPS) is 12.3. The first kappa shape index (κ1) is 28.6. The molecule has 0 spiro atoms. The minimum Gasteiger partial charge on any atom is -0.478 e. The summed E-state index contributed by atoms with van der Waals surface area (Å²) in [4.78, 5) is 28.4. The van der Waals surface area contributed by atoms with Gasteiger partial charge in [0.05, 0.1) is 17.2 Å². The smallest absolute Gasteiger partial charge is 0.417 e. The third kappa shape index (κ3) is 5.63. The van der Waals surface area contributed by atoms with Crippen LogP contribution in [0, 0.1) is 13.8 Å². The van der Waals surface area contributed by atoms with Crippen LogP contribution in [0.1, 0.15) is 61.6 Å². The number of carboxylic acid groups (broad SMARTS) is 1. The summed E-state index contributed by atoms with van der Waals surface area (Å²) < 4.78 is 41.4. The van der Waals surface area contributed by atoms with E-state index in [4.69, 9.17) is 0 Å². The van der Waals surface area contributed by atoms with E-state index in [0.717, 1.165) is 45.6 Å². The molecule has 214 valence electrons. The fraction of sp³-hybridized carbons (Fsp3) is 0.182. The molecule has 2 aromatic heterocycles. The molecule has 2 heterocycles. The number of rotatable bonds is 7. The van der Waals surface area contributed by atoms with Gasteiger partial charge in [0.25, 0.3) is 5.91 Å². The summed E-state index contributed by atoms with van der Waals surface area (Å²) in [5.41, 5.74) is 5.52. The zero-order valence-corrected chi connectivity index (χ0v) is 23.2. The Hall–Kier alpha value is -4.92. The Morgan fingerprint density at radius 2 is 1.69 bits per heavy atom. The van der Waals surface area contributed by atoms with E-state index in [1.807, 2.05) is 50.2 Å². The lowest BCUT2D eigenvalue weighted by Crippen LogP contribution is -2.27. The molecule has 0 saturated heterocycles. The van der Waals surface area contributed by atoms with E-state index in [1.54, 1.807) is 37.3 Å². The summed E-state index contributed by atoms with van der Waals surface area (Å²) in [7, 11) is 0. The number of benzene rings is 3. The highest BCUT2D eigenvalue weighted by Gasteiger charge is 2.31. The maximum Gasteiger partial charge on any atom is 0.417 e. The van der Waals surface area contributed by atoms with E-state index in [2.05, 4.69) is 14.9 Å². The first-order valence-electron chi connectivity index (χ1n) is 13.3. The van der Waals surface area contributed by atoms with Crippen LogP contribution in [0.15, 0.2) is 85.2 Å². The number of amides is 1. The van der Waals surface area contributed by atoms with Crippen LogP contribution < -0.4 is 5.32 Å². The highest BCUT2D eigenvalue weighted by Crippen LogP contribution is 2.31. The summed E-state index contributed by atoms with van der Waals surface area (Å²) in [6, 6.07) is 20.3. The van der Waals surface area contributed by atoms with E-state index >= 15 is 0 Å². The van der Waals surface area contributed by atoms with Gasteiger partial charge in [-0.3, -0.25) is 9.78 Å². The van der Waals surface area contributed by atoms with E-state index < -0.39 is 29.7 Å². The average Bonchev–Trinajstić information content (AvgIpc) is 3.21. The van der Waals surface area contributed by atoms with Crippen molar-refractivity contribution in [3.05, 3.63) is 124 Å². The average molecular weight is 572 g/mol. The Bertz CT molecular complexity index is 1810. The van der Waals surface area contributed by atoms with E-state index in [9.17, 15) is 27.9 Å². The number of aromatic carboxylic acids is 1. The van der Waals surface area contributed by atoms with Gasteiger partial charge in [-0.2, -0.15) is 13.2 Å². The van der Waals surface area contributed by atoms with E-state index in [0.29, 0.717) is 17.7 Å². The number of aryl methyl sites for hydroxylation is 1. The van der Waals surface area contributed by atoms with Crippen molar-refractivity contribution in [2.24, 2.45) is 0 Å². The van der Waals surface area contributed by atoms with Crippen molar-refractivity contribution in [3.8, 4) is 11.1 Å². The number of carboxylic acids is 1. The zero-order chi connectivity index (χ0) is 30.2. The summed E-state index contributed by atoms with van der Waals surface area (Å²) in [5, 5.41) is 13.2. The fourth-order valence-corrected chi connectivity index (χ4v) is 5.10. The number of aromatic nitrogens is 2. The molecule has 5 aromatic rings. The molecule has 0 saturated carbocycles. The van der Waals surface area contributed by atoms with Crippen LogP contribution in [0.2, 0.25) is 0 Å². The molecule has 0 bridgehead atoms. The van der Waals surface area contributed by atoms with Crippen molar-refractivity contribution in [1.29, 1.82) is 0 Å². The number of carbonyl (C=O) groups excluding carboxylic acids is 1. The molecule has 1 unspecified atom stereocenters. The molecule has 9 heteroatoms. The van der Waals surface area contributed by atoms with Crippen LogP contribution in [0.3, 0.4) is 0 Å². The molecular weight excluding hydrogens is 543 g/mol. The van der Waals surface area contributed by atoms with Gasteiger partial charge < -0.3 is 15.0 Å². The molecule has 5 rings (SSSR count). The zero-order valence-electron chi connectivity index (χ0n) is 23.2. The van der Waals surface area contributed by atoms with Gasteiger partial charge >= 0.3 is 12.1 Å². The van der Waals surface area contributed by atoms with Gasteiger partial charge in [0.1, 0.15) is 0 Å². The van der Waals surface area contributed by atoms with Gasteiger partial charge in [-0.15, -0.1) is 0 Å². The van der Waals surface area contributed by atoms with Crippen molar-refractivity contribution < 1.29 is 27.9 Å². The van der Waals surface area contributed by atoms with Crippen LogP contribution in [-0.2, 0) is 12.7 Å². The molecule has 0 aliphatic heterocycles. The number of nitrogens with zero attached hydrogens (tertiary/aromatic N) is 2. The molecule has 0 radical (unpaired) electrons. The maximum absolute atomic E-state index is 13.1. The molecule has 0 aliphatic carbocycles. The van der Waals surface area contributed by atoms with Gasteiger partial charge in [-0.25, -0.2) is 4.79 Å². The highest BCUT2D eigenvalue weighted by molar-refractivity contribution is 5.99. The number of hydrogen-bond donors (Lipinski definition) is 2. The third-order valence-electron chi connectivity index (χ3n) is 7.60. The van der Waals surface area contributed by atoms with Gasteiger partial charge in [-0.05, 0) is 78.9 Å². The molecule has 6 nitrogen and oxygen atoms in total. The number of nitrogens with one attached hydrogen (secondary N) is 1. The molecule has 0 aliphatic rings. The largest absolute Gasteiger partial charge is 0.478 e. The predicted molar refractivity (Wildman–Crippen MR) is 154 cm³/mol. The van der Waals surface area contributed by atoms with Crippen molar-refractivity contribution in [2.75, 3.05) is 0 Å². The first-order valence-corrected chi connectivity index (χ1v) is 13.3. The van der Waals surface area contributed by atoms with Gasteiger partial charge in [0, 0.05) is 41.1 Å². The Balaban J connectivity index is 1.37. The number of fused-ring (bicyclic) bond motifs is 1. The molecular formula is C33H28F3N3O3. The minimum absolute atomic E-state index is 0.244. The molecule has 0 fully saturated rings. The number of halogens is 3. The van der Waals surface area contributed by atoms with Crippen LogP contribution in [0.5, 0.6) is 0 Å². The minimum atomic E-state index is -4.52. The van der Waals surface area contributed by atoms with Crippen molar-refractivity contribution in [2.45, 2.75) is 39.5 Å². The Labute approximate surface area is 240 Å². The molecule has 2 N–H and O–H groups in total. The van der Waals surface area contributed by atoms with Crippen molar-refractivity contribution in [1.82, 2.24) is 14.9 Å². The standard InChI is InChI=1S/C33H28F3N3O3/c1-19-21(3)39(18-22-8-10-23(11-9-22)27-6-4-5-7-28(27)32(41)42)30-13-12-24(15-29(19)30)31(40)38-20(2)25-14-26(17-37-16-25)33(34,35)36/h4-17,20H,18H2,1-3H3,(H,38,40)(H,41,42). The summed E-state index contributed by atoms with van der Waals surface area (Å²) >= 11 is 0. The second kappa shape index (κ2) is 11.2. The van der Waals surface area contributed by atoms with E-state index in [-0.39, 0.29) is 11.1 Å². The number of alkyl halides is 3. The molecule has 1 atom stereocenters. The van der Waals surface area contributed by atoms with Gasteiger partial charge in [0.2, 0.25) is 0 Å². The van der Waals surface area contributed by atoms with Crippen LogP contribution in [0.4, 0.5) is 13.2 Å². The van der Waals surface area contributed by atoms with Crippen LogP contribution >= 0.6 is 0 Å². The van der Waals surface area contributed by atoms with Gasteiger partial charge in [-0.1, -0.05) is 42.5 Å². The SMILES string of the molecule is Cc1c(C)n(Cc2ccc(-c3ccccc3C(=O)O)cc2)c2ccc(C(=O)NC(C)c3cncc(C(F)(F)F)c3)cc12. The summed E-state index contributed by atoms with van der Waals surface area (Å²) in [6.45, 7) is 6.18. The molecule has 3 aromatic carbocycles. The Morgan fingerprint density at radius 1 is 0.976 bits per heavy atom. The summed E-state index contributed by atoms with van der Waals surface area (Å²) in [6.07, 6.45) is -2.45. The van der Waals surface area contributed by atoms with Crippen LogP contribution in [-0.4, -0.2) is 26.5 Å². The lowest BCUT2D eigenvalue weighted by Gasteiger charge is -2.16. The monoisotopic (exact) mass is 571 g/mol. The predicted octanol–water partition coefficient (Wildman–Crippen LogP) is 7.58. The Morgan fingerprint density at radius 3 is 2.38 bits per heavy atom. The number of hydrogen-bond acceptors (Lipinski definition) is 3. The summed E-state index contributed by atoms with van der Waals surface area (Å²) in [5.74, 6) is -1.38. The molecule has 42 heavy (non-hydrogen) atoms. The number of carbonyl (C=O) groups is 2. The maximum atomic E-state index is 13.1.